The molecule has 1 rings (SSSR count). The zero-order chi connectivity index (χ0) is 6.85. The number of aryl methyl sites for hydroxylation is 3. The molecule has 1 heterocycles. The molecule has 1 aromatic rings. The molecule has 0 aliphatic heterocycles. The van der Waals surface area contributed by atoms with Crippen molar-refractivity contribution < 1.29 is 4.57 Å². The van der Waals surface area contributed by atoms with E-state index in [9.17, 15) is 0 Å². The SMILES string of the molecule is CCn1c[n+](C)cc1C. The molecule has 0 N–H and O–H groups in total. The van der Waals surface area contributed by atoms with Gasteiger partial charge in [-0.1, -0.05) is 0 Å². The highest BCUT2D eigenvalue weighted by molar-refractivity contribution is 4.87. The van der Waals surface area contributed by atoms with Crippen LogP contribution in [0.2, 0.25) is 0 Å². The highest BCUT2D eigenvalue weighted by Gasteiger charge is 2.01. The fourth-order valence-corrected chi connectivity index (χ4v) is 1.04. The van der Waals surface area contributed by atoms with Crippen molar-refractivity contribution in [2.45, 2.75) is 20.4 Å². The Bertz CT molecular complexity index is 201. The molecule has 1 aromatic heterocycles. The van der Waals surface area contributed by atoms with Crippen LogP contribution in [-0.4, -0.2) is 4.57 Å². The Kier molecular flexibility index (Phi) is 1.56. The minimum Gasteiger partial charge on any atom is -0.239 e. The summed E-state index contributed by atoms with van der Waals surface area (Å²) in [5.74, 6) is 0. The Morgan fingerprint density at radius 2 is 2.33 bits per heavy atom. The van der Waals surface area contributed by atoms with Gasteiger partial charge in [0, 0.05) is 6.92 Å². The largest absolute Gasteiger partial charge is 0.243 e. The molecule has 0 saturated heterocycles. The third kappa shape index (κ3) is 1.12. The second kappa shape index (κ2) is 2.21. The maximum Gasteiger partial charge on any atom is 0.243 e. The average molecular weight is 125 g/mol. The highest BCUT2D eigenvalue weighted by atomic mass is 15.1. The van der Waals surface area contributed by atoms with Gasteiger partial charge in [0.2, 0.25) is 6.33 Å². The second-order valence-electron chi connectivity index (χ2n) is 2.34. The molecule has 0 amide bonds. The third-order valence-electron chi connectivity index (χ3n) is 1.51. The van der Waals surface area contributed by atoms with Gasteiger partial charge in [-0.2, -0.15) is 0 Å². The van der Waals surface area contributed by atoms with Gasteiger partial charge in [-0.25, -0.2) is 9.13 Å². The Balaban J connectivity index is 3.01. The van der Waals surface area contributed by atoms with Gasteiger partial charge in [0.15, 0.2) is 0 Å². The van der Waals surface area contributed by atoms with Crippen molar-refractivity contribution in [2.75, 3.05) is 0 Å². The fourth-order valence-electron chi connectivity index (χ4n) is 1.04. The molecule has 0 aliphatic rings. The van der Waals surface area contributed by atoms with Crippen LogP contribution >= 0.6 is 0 Å². The van der Waals surface area contributed by atoms with Crippen LogP contribution in [0.5, 0.6) is 0 Å². The van der Waals surface area contributed by atoms with Gasteiger partial charge >= 0.3 is 0 Å². The maximum absolute atomic E-state index is 2.21. The van der Waals surface area contributed by atoms with Crippen LogP contribution in [-0.2, 0) is 13.6 Å². The van der Waals surface area contributed by atoms with Gasteiger partial charge < -0.3 is 0 Å². The minimum atomic E-state index is 1.06. The molecule has 0 bridgehead atoms. The summed E-state index contributed by atoms with van der Waals surface area (Å²) in [7, 11) is 2.04. The van der Waals surface area contributed by atoms with E-state index in [0.717, 1.165) is 6.54 Å². The summed E-state index contributed by atoms with van der Waals surface area (Å²) in [5, 5.41) is 0. The predicted octanol–water partition coefficient (Wildman–Crippen LogP) is 0.641. The topological polar surface area (TPSA) is 8.81 Å². The number of hydrogen-bond donors (Lipinski definition) is 0. The normalized spacial score (nSPS) is 10.1. The average Bonchev–Trinajstić information content (AvgIpc) is 2.10. The van der Waals surface area contributed by atoms with E-state index in [2.05, 4.69) is 35.5 Å². The van der Waals surface area contributed by atoms with Crippen molar-refractivity contribution in [1.29, 1.82) is 0 Å². The van der Waals surface area contributed by atoms with Gasteiger partial charge in [-0.05, 0) is 6.92 Å². The predicted molar refractivity (Wildman–Crippen MR) is 36.0 cm³/mol. The molecule has 2 heteroatoms. The summed E-state index contributed by atoms with van der Waals surface area (Å²) in [6.45, 7) is 5.32. The summed E-state index contributed by atoms with van der Waals surface area (Å²) in [4.78, 5) is 0. The monoisotopic (exact) mass is 125 g/mol. The summed E-state index contributed by atoms with van der Waals surface area (Å²) in [6, 6.07) is 0. The first-order valence-electron chi connectivity index (χ1n) is 3.26. The molecule has 0 radical (unpaired) electrons. The molecule has 0 unspecified atom stereocenters. The highest BCUT2D eigenvalue weighted by Crippen LogP contribution is 1.91. The van der Waals surface area contributed by atoms with Crippen LogP contribution in [0.25, 0.3) is 0 Å². The lowest BCUT2D eigenvalue weighted by molar-refractivity contribution is -0.671. The van der Waals surface area contributed by atoms with E-state index in [4.69, 9.17) is 0 Å². The molecule has 0 aliphatic carbocycles. The van der Waals surface area contributed by atoms with Gasteiger partial charge in [-0.15, -0.1) is 0 Å². The second-order valence-corrected chi connectivity index (χ2v) is 2.34. The Morgan fingerprint density at radius 3 is 2.56 bits per heavy atom. The van der Waals surface area contributed by atoms with E-state index in [-0.39, 0.29) is 0 Å². The number of hydrogen-bond acceptors (Lipinski definition) is 0. The van der Waals surface area contributed by atoms with E-state index in [0.29, 0.717) is 0 Å². The fraction of sp³-hybridized carbons (Fsp3) is 0.571. The number of imidazole rings is 1. The van der Waals surface area contributed by atoms with Crippen LogP contribution in [0.3, 0.4) is 0 Å². The maximum atomic E-state index is 2.21. The summed E-state index contributed by atoms with van der Waals surface area (Å²) in [5.41, 5.74) is 1.32. The molecule has 9 heavy (non-hydrogen) atoms. The summed E-state index contributed by atoms with van der Waals surface area (Å²) >= 11 is 0. The lowest BCUT2D eigenvalue weighted by Gasteiger charge is -1.86. The number of nitrogens with zero attached hydrogens (tertiary/aromatic N) is 2. The van der Waals surface area contributed by atoms with E-state index in [1.54, 1.807) is 0 Å². The Hall–Kier alpha value is -0.790. The van der Waals surface area contributed by atoms with Crippen LogP contribution < -0.4 is 4.57 Å². The van der Waals surface area contributed by atoms with Crippen LogP contribution in [0, 0.1) is 6.92 Å². The molecule has 0 atom stereocenters. The van der Waals surface area contributed by atoms with Crippen molar-refractivity contribution in [3.8, 4) is 0 Å². The molecule has 0 aromatic carbocycles. The van der Waals surface area contributed by atoms with Crippen LogP contribution in [0.4, 0.5) is 0 Å². The van der Waals surface area contributed by atoms with E-state index in [1.165, 1.54) is 5.69 Å². The molecular weight excluding hydrogens is 112 g/mol. The molecule has 0 fully saturated rings. The van der Waals surface area contributed by atoms with Gasteiger partial charge in [-0.3, -0.25) is 0 Å². The zero-order valence-electron chi connectivity index (χ0n) is 6.26. The van der Waals surface area contributed by atoms with E-state index in [1.807, 2.05) is 7.05 Å². The van der Waals surface area contributed by atoms with Gasteiger partial charge in [0.05, 0.1) is 13.6 Å². The van der Waals surface area contributed by atoms with Crippen LogP contribution in [0.1, 0.15) is 12.6 Å². The first-order chi connectivity index (χ1) is 4.24. The minimum absolute atomic E-state index is 1.06. The molecule has 50 valence electrons. The van der Waals surface area contributed by atoms with Gasteiger partial charge in [0.25, 0.3) is 0 Å². The Labute approximate surface area is 55.7 Å². The number of aromatic nitrogens is 2. The van der Waals surface area contributed by atoms with E-state index >= 15 is 0 Å². The molecule has 0 spiro atoms. The number of rotatable bonds is 1. The summed E-state index contributed by atoms with van der Waals surface area (Å²) in [6.07, 6.45) is 4.21. The zero-order valence-corrected chi connectivity index (χ0v) is 6.26. The standard InChI is InChI=1S/C7H13N2/c1-4-9-6-8(3)5-7(9)2/h5-6H,4H2,1-3H3/q+1. The molecule has 2 nitrogen and oxygen atoms in total. The van der Waals surface area contributed by atoms with Crippen molar-refractivity contribution in [2.24, 2.45) is 7.05 Å². The van der Waals surface area contributed by atoms with Crippen molar-refractivity contribution in [3.05, 3.63) is 18.2 Å². The summed E-state index contributed by atoms with van der Waals surface area (Å²) < 4.78 is 4.28. The van der Waals surface area contributed by atoms with Crippen molar-refractivity contribution >= 4 is 0 Å². The lowest BCUT2D eigenvalue weighted by atomic mass is 10.5. The lowest BCUT2D eigenvalue weighted by Crippen LogP contribution is -2.23. The smallest absolute Gasteiger partial charge is 0.239 e. The van der Waals surface area contributed by atoms with Crippen LogP contribution in [0.15, 0.2) is 12.5 Å². The van der Waals surface area contributed by atoms with Gasteiger partial charge in [0.1, 0.15) is 11.9 Å². The molecular formula is C7H13N2+. The van der Waals surface area contributed by atoms with Crippen molar-refractivity contribution in [1.82, 2.24) is 4.57 Å². The first kappa shape index (κ1) is 6.33. The third-order valence-corrected chi connectivity index (χ3v) is 1.51. The quantitative estimate of drug-likeness (QED) is 0.487. The Morgan fingerprint density at radius 1 is 1.67 bits per heavy atom. The van der Waals surface area contributed by atoms with Crippen molar-refractivity contribution in [3.63, 3.8) is 0 Å². The first-order valence-corrected chi connectivity index (χ1v) is 3.26. The molecule has 0 saturated carbocycles. The van der Waals surface area contributed by atoms with E-state index < -0.39 is 0 Å².